The highest BCUT2D eigenvalue weighted by Gasteiger charge is 2.35. The summed E-state index contributed by atoms with van der Waals surface area (Å²) in [6.45, 7) is 3.02. The van der Waals surface area contributed by atoms with Crippen LogP contribution in [0.5, 0.6) is 0 Å². The van der Waals surface area contributed by atoms with Gasteiger partial charge in [0.05, 0.1) is 5.56 Å². The molecule has 0 aliphatic heterocycles. The van der Waals surface area contributed by atoms with Crippen LogP contribution in [0.15, 0.2) is 16.6 Å². The second kappa shape index (κ2) is 3.29. The van der Waals surface area contributed by atoms with E-state index in [4.69, 9.17) is 0 Å². The molecule has 0 fully saturated rings. The Kier molecular flexibility index (Phi) is 2.66. The molecule has 0 N–H and O–H groups in total. The normalized spacial score (nSPS) is 11.8. The maximum Gasteiger partial charge on any atom is 0.417 e. The van der Waals surface area contributed by atoms with Crippen LogP contribution < -0.4 is 0 Å². The number of halogens is 5. The summed E-state index contributed by atoms with van der Waals surface area (Å²) in [5, 5.41) is 0. The van der Waals surface area contributed by atoms with Crippen molar-refractivity contribution in [2.24, 2.45) is 0 Å². The molecule has 0 amide bonds. The van der Waals surface area contributed by atoms with Crippen LogP contribution in [-0.2, 0) is 6.18 Å². The van der Waals surface area contributed by atoms with Crippen LogP contribution in [0.2, 0.25) is 0 Å². The Labute approximate surface area is 80.7 Å². The van der Waals surface area contributed by atoms with Gasteiger partial charge in [-0.1, -0.05) is 15.9 Å². The molecule has 0 aliphatic rings. The molecule has 0 saturated heterocycles. The van der Waals surface area contributed by atoms with Gasteiger partial charge in [-0.2, -0.15) is 13.2 Å². The highest BCUT2D eigenvalue weighted by Crippen LogP contribution is 2.37. The average Bonchev–Trinajstić information content (AvgIpc) is 1.95. The van der Waals surface area contributed by atoms with Crippen LogP contribution in [0.3, 0.4) is 0 Å². The van der Waals surface area contributed by atoms with Crippen molar-refractivity contribution >= 4 is 15.9 Å². The molecule has 0 heterocycles. The third-order valence-corrected chi connectivity index (χ3v) is 2.15. The molecule has 1 aromatic rings. The highest BCUT2D eigenvalue weighted by atomic mass is 79.9. The Morgan fingerprint density at radius 2 is 1.77 bits per heavy atom. The van der Waals surface area contributed by atoms with Gasteiger partial charge in [0.15, 0.2) is 0 Å². The molecule has 0 spiro atoms. The summed E-state index contributed by atoms with van der Waals surface area (Å²) in [6, 6.07) is 1.94. The summed E-state index contributed by atoms with van der Waals surface area (Å²) in [5.41, 5.74) is -1.70. The van der Waals surface area contributed by atoms with Gasteiger partial charge in [-0.25, -0.2) is 4.39 Å². The summed E-state index contributed by atoms with van der Waals surface area (Å²) < 4.78 is 49.3. The lowest BCUT2D eigenvalue weighted by atomic mass is 10.1. The van der Waals surface area contributed by atoms with E-state index >= 15 is 0 Å². The van der Waals surface area contributed by atoms with Gasteiger partial charge in [0, 0.05) is 10.0 Å². The minimum absolute atomic E-state index is 0.202. The van der Waals surface area contributed by atoms with Gasteiger partial charge < -0.3 is 0 Å². The molecule has 0 nitrogen and oxygen atoms in total. The molecule has 0 unspecified atom stereocenters. The number of alkyl halides is 3. The maximum absolute atomic E-state index is 12.7. The maximum atomic E-state index is 12.7. The van der Waals surface area contributed by atoms with Crippen molar-refractivity contribution in [2.45, 2.75) is 6.18 Å². The highest BCUT2D eigenvalue weighted by molar-refractivity contribution is 9.10. The number of rotatable bonds is 0. The van der Waals surface area contributed by atoms with E-state index in [0.717, 1.165) is 12.1 Å². The third kappa shape index (κ3) is 2.02. The fourth-order valence-electron chi connectivity index (χ4n) is 0.900. The predicted octanol–water partition coefficient (Wildman–Crippen LogP) is 3.79. The monoisotopic (exact) mass is 255 g/mol. The molecule has 0 saturated carbocycles. The van der Waals surface area contributed by atoms with Crippen LogP contribution in [0, 0.1) is 12.7 Å². The van der Waals surface area contributed by atoms with Gasteiger partial charge in [0.1, 0.15) is 5.82 Å². The van der Waals surface area contributed by atoms with E-state index in [9.17, 15) is 17.6 Å². The number of hydrogen-bond acceptors (Lipinski definition) is 0. The molecule has 5 heteroatoms. The Morgan fingerprint density at radius 1 is 1.23 bits per heavy atom. The fraction of sp³-hybridized carbons (Fsp3) is 0.125. The zero-order chi connectivity index (χ0) is 10.2. The van der Waals surface area contributed by atoms with Crippen LogP contribution in [0.25, 0.3) is 0 Å². The van der Waals surface area contributed by atoms with Gasteiger partial charge in [-0.05, 0) is 19.1 Å². The first kappa shape index (κ1) is 10.5. The first-order chi connectivity index (χ1) is 5.84. The SMILES string of the molecule is [CH2]c1c(F)ccc(Br)c1C(F)(F)F. The van der Waals surface area contributed by atoms with E-state index in [1.165, 1.54) is 0 Å². The molecule has 1 radical (unpaired) electrons. The van der Waals surface area contributed by atoms with E-state index in [1.807, 2.05) is 0 Å². The summed E-state index contributed by atoms with van der Waals surface area (Å²) in [7, 11) is 0. The van der Waals surface area contributed by atoms with Crippen molar-refractivity contribution in [2.75, 3.05) is 0 Å². The van der Waals surface area contributed by atoms with Crippen molar-refractivity contribution in [3.05, 3.63) is 40.5 Å². The molecule has 1 aromatic carbocycles. The summed E-state index contributed by atoms with van der Waals surface area (Å²) >= 11 is 2.69. The van der Waals surface area contributed by atoms with Crippen molar-refractivity contribution in [1.29, 1.82) is 0 Å². The standard InChI is InChI=1S/C8H4BrF4/c1-4-6(10)3-2-5(9)7(4)8(11,12)13/h2-3H,1H2. The lowest BCUT2D eigenvalue weighted by Crippen LogP contribution is -2.09. The third-order valence-electron chi connectivity index (χ3n) is 1.49. The van der Waals surface area contributed by atoms with Crippen molar-refractivity contribution < 1.29 is 17.6 Å². The molecular weight excluding hydrogens is 252 g/mol. The Bertz CT molecular complexity index is 330. The second-order valence-electron chi connectivity index (χ2n) is 2.38. The summed E-state index contributed by atoms with van der Waals surface area (Å²) in [4.78, 5) is 0. The Balaban J connectivity index is 3.43. The summed E-state index contributed by atoms with van der Waals surface area (Å²) in [6.07, 6.45) is -4.59. The van der Waals surface area contributed by atoms with Crippen LogP contribution in [0.4, 0.5) is 17.6 Å². The molecule has 0 atom stereocenters. The zero-order valence-corrected chi connectivity index (χ0v) is 7.84. The first-order valence-electron chi connectivity index (χ1n) is 3.21. The topological polar surface area (TPSA) is 0 Å². The van der Waals surface area contributed by atoms with Crippen LogP contribution in [0.1, 0.15) is 11.1 Å². The molecule has 0 bridgehead atoms. The van der Waals surface area contributed by atoms with Gasteiger partial charge in [-0.3, -0.25) is 0 Å². The second-order valence-corrected chi connectivity index (χ2v) is 3.23. The first-order valence-corrected chi connectivity index (χ1v) is 4.00. The minimum atomic E-state index is -4.59. The van der Waals surface area contributed by atoms with Gasteiger partial charge in [-0.15, -0.1) is 0 Å². The van der Waals surface area contributed by atoms with Gasteiger partial charge >= 0.3 is 6.18 Å². The van der Waals surface area contributed by atoms with Crippen molar-refractivity contribution in [3.8, 4) is 0 Å². The fourth-order valence-corrected chi connectivity index (χ4v) is 1.50. The lowest BCUT2D eigenvalue weighted by molar-refractivity contribution is -0.138. The minimum Gasteiger partial charge on any atom is -0.207 e. The largest absolute Gasteiger partial charge is 0.417 e. The van der Waals surface area contributed by atoms with E-state index in [1.54, 1.807) is 0 Å². The number of benzene rings is 1. The van der Waals surface area contributed by atoms with E-state index < -0.39 is 23.1 Å². The van der Waals surface area contributed by atoms with Gasteiger partial charge in [0.25, 0.3) is 0 Å². The quantitative estimate of drug-likeness (QED) is 0.619. The molecule has 13 heavy (non-hydrogen) atoms. The molecule has 0 aliphatic carbocycles. The van der Waals surface area contributed by atoms with Crippen LogP contribution in [-0.4, -0.2) is 0 Å². The molecule has 71 valence electrons. The summed E-state index contributed by atoms with van der Waals surface area (Å²) in [5.74, 6) is -0.962. The van der Waals surface area contributed by atoms with Crippen molar-refractivity contribution in [3.63, 3.8) is 0 Å². The van der Waals surface area contributed by atoms with E-state index in [0.29, 0.717) is 0 Å². The number of hydrogen-bond donors (Lipinski definition) is 0. The Morgan fingerprint density at radius 3 is 2.15 bits per heavy atom. The average molecular weight is 256 g/mol. The van der Waals surface area contributed by atoms with Gasteiger partial charge in [0.2, 0.25) is 0 Å². The predicted molar refractivity (Wildman–Crippen MR) is 43.6 cm³/mol. The van der Waals surface area contributed by atoms with E-state index in [2.05, 4.69) is 22.9 Å². The van der Waals surface area contributed by atoms with Crippen LogP contribution >= 0.6 is 15.9 Å². The van der Waals surface area contributed by atoms with Crippen molar-refractivity contribution in [1.82, 2.24) is 0 Å². The lowest BCUT2D eigenvalue weighted by Gasteiger charge is -2.12. The van der Waals surface area contributed by atoms with E-state index in [-0.39, 0.29) is 4.47 Å². The molecule has 1 rings (SSSR count). The smallest absolute Gasteiger partial charge is 0.207 e. The molecule has 0 aromatic heterocycles. The zero-order valence-electron chi connectivity index (χ0n) is 6.25. The molecular formula is C8H4BrF4. The Hall–Kier alpha value is -0.580.